The van der Waals surface area contributed by atoms with Crippen molar-refractivity contribution >= 4 is 21.8 Å². The van der Waals surface area contributed by atoms with Gasteiger partial charge in [0.2, 0.25) is 0 Å². The highest BCUT2D eigenvalue weighted by Crippen LogP contribution is 2.29. The molecule has 116 valence electrons. The monoisotopic (exact) mass is 371 g/mol. The fraction of sp³-hybridized carbons (Fsp3) is 0.188. The van der Waals surface area contributed by atoms with Gasteiger partial charge < -0.3 is 5.32 Å². The lowest BCUT2D eigenvalue weighted by molar-refractivity contribution is -0.137. The van der Waals surface area contributed by atoms with Gasteiger partial charge in [0.15, 0.2) is 0 Å². The molecule has 0 radical (unpaired) electrons. The molecular weight excluding hydrogens is 359 g/mol. The third-order valence-electron chi connectivity index (χ3n) is 3.17. The first-order chi connectivity index (χ1) is 10.3. The van der Waals surface area contributed by atoms with E-state index in [1.54, 1.807) is 6.92 Å². The summed E-state index contributed by atoms with van der Waals surface area (Å²) in [5.74, 6) is -0.540. The number of nitrogens with one attached hydrogen (secondary N) is 1. The largest absolute Gasteiger partial charge is 0.416 e. The van der Waals surface area contributed by atoms with Crippen molar-refractivity contribution in [2.75, 3.05) is 0 Å². The van der Waals surface area contributed by atoms with Crippen LogP contribution in [0.25, 0.3) is 0 Å². The highest BCUT2D eigenvalue weighted by molar-refractivity contribution is 9.10. The van der Waals surface area contributed by atoms with E-state index in [0.29, 0.717) is 0 Å². The highest BCUT2D eigenvalue weighted by atomic mass is 79.9. The van der Waals surface area contributed by atoms with Crippen LogP contribution < -0.4 is 5.32 Å². The predicted octanol–water partition coefficient (Wildman–Crippen LogP) is 4.96. The van der Waals surface area contributed by atoms with Crippen LogP contribution in [-0.2, 0) is 6.18 Å². The zero-order valence-corrected chi connectivity index (χ0v) is 13.2. The topological polar surface area (TPSA) is 29.1 Å². The lowest BCUT2D eigenvalue weighted by atomic mass is 10.1. The predicted molar refractivity (Wildman–Crippen MR) is 81.5 cm³/mol. The Bertz CT molecular complexity index is 668. The Balaban J connectivity index is 2.13. The van der Waals surface area contributed by atoms with E-state index in [4.69, 9.17) is 0 Å². The van der Waals surface area contributed by atoms with Crippen molar-refractivity contribution in [3.63, 3.8) is 0 Å². The summed E-state index contributed by atoms with van der Waals surface area (Å²) in [7, 11) is 0. The third-order valence-corrected chi connectivity index (χ3v) is 3.70. The van der Waals surface area contributed by atoms with E-state index in [1.165, 1.54) is 12.1 Å². The molecular formula is C16H13BrF3NO. The lowest BCUT2D eigenvalue weighted by Crippen LogP contribution is -2.26. The molecule has 0 unspecified atom stereocenters. The summed E-state index contributed by atoms with van der Waals surface area (Å²) in [5, 5.41) is 2.69. The zero-order valence-electron chi connectivity index (χ0n) is 11.6. The van der Waals surface area contributed by atoms with Crippen LogP contribution in [0.1, 0.15) is 34.5 Å². The maximum atomic E-state index is 12.7. The molecule has 1 amide bonds. The van der Waals surface area contributed by atoms with Crippen molar-refractivity contribution in [1.29, 1.82) is 0 Å². The molecule has 0 saturated heterocycles. The smallest absolute Gasteiger partial charge is 0.346 e. The number of amides is 1. The van der Waals surface area contributed by atoms with Gasteiger partial charge in [0.05, 0.1) is 11.6 Å². The average Bonchev–Trinajstić information content (AvgIpc) is 2.47. The first-order valence-corrected chi connectivity index (χ1v) is 7.30. The van der Waals surface area contributed by atoms with Crippen molar-refractivity contribution in [3.05, 3.63) is 69.7 Å². The normalized spacial score (nSPS) is 12.8. The van der Waals surface area contributed by atoms with Crippen molar-refractivity contribution in [2.24, 2.45) is 0 Å². The minimum absolute atomic E-state index is 0.0150. The van der Waals surface area contributed by atoms with E-state index in [9.17, 15) is 18.0 Å². The molecule has 0 bridgehead atoms. The number of carbonyl (C=O) groups is 1. The van der Waals surface area contributed by atoms with E-state index in [-0.39, 0.29) is 11.6 Å². The van der Waals surface area contributed by atoms with E-state index >= 15 is 0 Å². The molecule has 22 heavy (non-hydrogen) atoms. The Hall–Kier alpha value is -1.82. The molecule has 6 heteroatoms. The molecule has 0 aliphatic carbocycles. The fourth-order valence-electron chi connectivity index (χ4n) is 1.95. The number of rotatable bonds is 3. The second kappa shape index (κ2) is 6.52. The summed E-state index contributed by atoms with van der Waals surface area (Å²) >= 11 is 3.31. The van der Waals surface area contributed by atoms with Gasteiger partial charge >= 0.3 is 6.18 Å². The molecule has 2 nitrogen and oxygen atoms in total. The van der Waals surface area contributed by atoms with Crippen LogP contribution in [0.2, 0.25) is 0 Å². The number of benzene rings is 2. The molecule has 0 aliphatic heterocycles. The Kier molecular flexibility index (Phi) is 4.90. The van der Waals surface area contributed by atoms with Crippen LogP contribution in [0.3, 0.4) is 0 Å². The second-order valence-electron chi connectivity index (χ2n) is 4.83. The molecule has 0 heterocycles. The minimum atomic E-state index is -4.46. The van der Waals surface area contributed by atoms with Gasteiger partial charge in [-0.3, -0.25) is 4.79 Å². The van der Waals surface area contributed by atoms with Crippen LogP contribution in [0.5, 0.6) is 0 Å². The van der Waals surface area contributed by atoms with Gasteiger partial charge in [0.25, 0.3) is 5.91 Å². The number of hydrogen-bond donors (Lipinski definition) is 1. The van der Waals surface area contributed by atoms with Crippen LogP contribution in [0, 0.1) is 0 Å². The number of alkyl halides is 3. The molecule has 1 N–H and O–H groups in total. The summed E-state index contributed by atoms with van der Waals surface area (Å²) in [6, 6.07) is 11.4. The average molecular weight is 372 g/mol. The zero-order chi connectivity index (χ0) is 16.3. The fourth-order valence-corrected chi connectivity index (χ4v) is 2.22. The first-order valence-electron chi connectivity index (χ1n) is 6.51. The van der Waals surface area contributed by atoms with Gasteiger partial charge in [-0.2, -0.15) is 13.2 Å². The van der Waals surface area contributed by atoms with Crippen LogP contribution in [0.15, 0.2) is 53.0 Å². The van der Waals surface area contributed by atoms with Crippen molar-refractivity contribution in [3.8, 4) is 0 Å². The van der Waals surface area contributed by atoms with Gasteiger partial charge in [-0.25, -0.2) is 0 Å². The second-order valence-corrected chi connectivity index (χ2v) is 5.74. The van der Waals surface area contributed by atoms with E-state index in [0.717, 1.165) is 22.2 Å². The highest BCUT2D eigenvalue weighted by Gasteiger charge is 2.30. The van der Waals surface area contributed by atoms with Gasteiger partial charge in [0, 0.05) is 10.0 Å². The third kappa shape index (κ3) is 4.10. The molecule has 2 aromatic rings. The summed E-state index contributed by atoms with van der Waals surface area (Å²) in [4.78, 5) is 12.1. The maximum Gasteiger partial charge on any atom is 0.416 e. The summed E-state index contributed by atoms with van der Waals surface area (Å²) in [5.41, 5.74) is 0.0127. The van der Waals surface area contributed by atoms with E-state index in [1.807, 2.05) is 24.3 Å². The first kappa shape index (κ1) is 16.5. The lowest BCUT2D eigenvalue weighted by Gasteiger charge is -2.15. The van der Waals surface area contributed by atoms with Crippen molar-refractivity contribution in [2.45, 2.75) is 19.1 Å². The molecule has 0 aromatic heterocycles. The van der Waals surface area contributed by atoms with Gasteiger partial charge in [0.1, 0.15) is 0 Å². The molecule has 1 atom stereocenters. The van der Waals surface area contributed by atoms with Crippen molar-refractivity contribution < 1.29 is 18.0 Å². The van der Waals surface area contributed by atoms with E-state index in [2.05, 4.69) is 21.2 Å². The molecule has 0 aliphatic rings. The quantitative estimate of drug-likeness (QED) is 0.811. The summed E-state index contributed by atoms with van der Waals surface area (Å²) in [6.07, 6.45) is -4.46. The Labute approximate surface area is 134 Å². The maximum absolute atomic E-state index is 12.7. The van der Waals surface area contributed by atoms with Crippen molar-refractivity contribution in [1.82, 2.24) is 5.32 Å². The Morgan fingerprint density at radius 1 is 1.14 bits per heavy atom. The Morgan fingerprint density at radius 3 is 2.36 bits per heavy atom. The van der Waals surface area contributed by atoms with Crippen LogP contribution >= 0.6 is 15.9 Å². The van der Waals surface area contributed by atoms with Gasteiger partial charge in [-0.15, -0.1) is 0 Å². The molecule has 0 spiro atoms. The number of halogens is 4. The van der Waals surface area contributed by atoms with Crippen LogP contribution in [0.4, 0.5) is 13.2 Å². The molecule has 2 aromatic carbocycles. The number of carbonyl (C=O) groups excluding carboxylic acids is 1. The minimum Gasteiger partial charge on any atom is -0.346 e. The Morgan fingerprint density at radius 2 is 1.77 bits per heavy atom. The van der Waals surface area contributed by atoms with Gasteiger partial charge in [-0.05, 0) is 42.8 Å². The molecule has 2 rings (SSSR count). The SMILES string of the molecule is C[C@@H](NC(=O)c1cccc(C(F)(F)F)c1)c1ccc(Br)cc1. The van der Waals surface area contributed by atoms with Gasteiger partial charge in [-0.1, -0.05) is 34.1 Å². The number of hydrogen-bond acceptors (Lipinski definition) is 1. The summed E-state index contributed by atoms with van der Waals surface area (Å²) < 4.78 is 38.9. The van der Waals surface area contributed by atoms with Crippen LogP contribution in [-0.4, -0.2) is 5.91 Å². The van der Waals surface area contributed by atoms with E-state index < -0.39 is 17.6 Å². The standard InChI is InChI=1S/C16H13BrF3NO/c1-10(11-5-7-14(17)8-6-11)21-15(22)12-3-2-4-13(9-12)16(18,19)20/h2-10H,1H3,(H,21,22)/t10-/m1/s1. The molecule has 0 saturated carbocycles. The summed E-state index contributed by atoms with van der Waals surface area (Å²) in [6.45, 7) is 1.77. The molecule has 0 fully saturated rings.